The molecule has 122 valence electrons. The lowest BCUT2D eigenvalue weighted by Gasteiger charge is -2.38. The SMILES string of the molecule is CC(C)(C)OC(=O)N1CCCC(CNCC2(O)CCC2)C1. The van der Waals surface area contributed by atoms with E-state index >= 15 is 0 Å². The van der Waals surface area contributed by atoms with Crippen LogP contribution in [-0.4, -0.2) is 53.5 Å². The maximum Gasteiger partial charge on any atom is 0.410 e. The molecule has 1 aliphatic heterocycles. The minimum atomic E-state index is -0.473. The third-order valence-corrected chi connectivity index (χ3v) is 4.34. The van der Waals surface area contributed by atoms with Crippen LogP contribution in [0.4, 0.5) is 4.79 Å². The van der Waals surface area contributed by atoms with Gasteiger partial charge in [0.15, 0.2) is 0 Å². The van der Waals surface area contributed by atoms with Crippen molar-refractivity contribution < 1.29 is 14.6 Å². The number of likely N-dealkylation sites (tertiary alicyclic amines) is 1. The topological polar surface area (TPSA) is 61.8 Å². The first-order valence-corrected chi connectivity index (χ1v) is 8.18. The molecule has 1 heterocycles. The maximum atomic E-state index is 12.1. The lowest BCUT2D eigenvalue weighted by atomic mass is 9.80. The number of piperidine rings is 1. The fourth-order valence-electron chi connectivity index (χ4n) is 2.99. The summed E-state index contributed by atoms with van der Waals surface area (Å²) in [6, 6.07) is 0. The van der Waals surface area contributed by atoms with Crippen LogP contribution in [0.25, 0.3) is 0 Å². The first-order valence-electron chi connectivity index (χ1n) is 8.18. The Morgan fingerprint density at radius 2 is 2.10 bits per heavy atom. The lowest BCUT2D eigenvalue weighted by Crippen LogP contribution is -2.49. The van der Waals surface area contributed by atoms with Crippen LogP contribution in [-0.2, 0) is 4.74 Å². The predicted octanol–water partition coefficient (Wildman–Crippen LogP) is 2.14. The Hall–Kier alpha value is -0.810. The summed E-state index contributed by atoms with van der Waals surface area (Å²) in [6.07, 6.45) is 4.91. The molecule has 0 bridgehead atoms. The Morgan fingerprint density at radius 1 is 1.38 bits per heavy atom. The largest absolute Gasteiger partial charge is 0.444 e. The molecule has 0 spiro atoms. The van der Waals surface area contributed by atoms with Gasteiger partial charge in [0.2, 0.25) is 0 Å². The van der Waals surface area contributed by atoms with E-state index in [1.165, 1.54) is 0 Å². The van der Waals surface area contributed by atoms with Crippen molar-refractivity contribution in [1.82, 2.24) is 10.2 Å². The molecule has 2 aliphatic rings. The first-order chi connectivity index (χ1) is 9.77. The first kappa shape index (κ1) is 16.6. The number of hydrogen-bond donors (Lipinski definition) is 2. The van der Waals surface area contributed by atoms with E-state index in [0.29, 0.717) is 12.5 Å². The zero-order valence-electron chi connectivity index (χ0n) is 13.7. The minimum Gasteiger partial charge on any atom is -0.444 e. The van der Waals surface area contributed by atoms with Crippen LogP contribution in [0.3, 0.4) is 0 Å². The average molecular weight is 298 g/mol. The number of nitrogens with one attached hydrogen (secondary N) is 1. The van der Waals surface area contributed by atoms with Crippen molar-refractivity contribution in [3.05, 3.63) is 0 Å². The van der Waals surface area contributed by atoms with Crippen molar-refractivity contribution in [3.63, 3.8) is 0 Å². The third-order valence-electron chi connectivity index (χ3n) is 4.34. The highest BCUT2D eigenvalue weighted by molar-refractivity contribution is 5.68. The van der Waals surface area contributed by atoms with Gasteiger partial charge in [-0.15, -0.1) is 0 Å². The molecule has 0 aromatic carbocycles. The maximum absolute atomic E-state index is 12.1. The van der Waals surface area contributed by atoms with Gasteiger partial charge in [0.25, 0.3) is 0 Å². The Balaban J connectivity index is 1.71. The monoisotopic (exact) mass is 298 g/mol. The molecule has 1 saturated carbocycles. The summed E-state index contributed by atoms with van der Waals surface area (Å²) in [4.78, 5) is 13.9. The average Bonchev–Trinajstić information content (AvgIpc) is 2.35. The van der Waals surface area contributed by atoms with Gasteiger partial charge in [-0.05, 0) is 65.3 Å². The Kier molecular flexibility index (Phi) is 5.15. The molecule has 2 N–H and O–H groups in total. The van der Waals surface area contributed by atoms with Gasteiger partial charge in [-0.1, -0.05) is 0 Å². The normalized spacial score (nSPS) is 25.3. The van der Waals surface area contributed by atoms with Crippen LogP contribution >= 0.6 is 0 Å². The molecule has 1 atom stereocenters. The van der Waals surface area contributed by atoms with Crippen molar-refractivity contribution in [3.8, 4) is 0 Å². The summed E-state index contributed by atoms with van der Waals surface area (Å²) in [5.41, 5.74) is -0.907. The van der Waals surface area contributed by atoms with E-state index in [0.717, 1.165) is 51.7 Å². The van der Waals surface area contributed by atoms with Crippen LogP contribution in [0.15, 0.2) is 0 Å². The molecule has 21 heavy (non-hydrogen) atoms. The quantitative estimate of drug-likeness (QED) is 0.835. The Labute approximate surface area is 128 Å². The van der Waals surface area contributed by atoms with E-state index in [9.17, 15) is 9.90 Å². The number of carbonyl (C=O) groups excluding carboxylic acids is 1. The van der Waals surface area contributed by atoms with Gasteiger partial charge >= 0.3 is 6.09 Å². The fourth-order valence-corrected chi connectivity index (χ4v) is 2.99. The zero-order valence-corrected chi connectivity index (χ0v) is 13.7. The van der Waals surface area contributed by atoms with Gasteiger partial charge in [-0.3, -0.25) is 0 Å². The zero-order chi connectivity index (χ0) is 15.5. The minimum absolute atomic E-state index is 0.204. The highest BCUT2D eigenvalue weighted by atomic mass is 16.6. The summed E-state index contributed by atoms with van der Waals surface area (Å²) in [6.45, 7) is 8.76. The number of nitrogens with zero attached hydrogens (tertiary/aromatic N) is 1. The second-order valence-electron chi connectivity index (χ2n) is 7.64. The highest BCUT2D eigenvalue weighted by Gasteiger charge is 2.34. The number of aliphatic hydroxyl groups is 1. The van der Waals surface area contributed by atoms with Crippen LogP contribution in [0.2, 0.25) is 0 Å². The number of carbonyl (C=O) groups is 1. The lowest BCUT2D eigenvalue weighted by molar-refractivity contribution is -0.0325. The van der Waals surface area contributed by atoms with E-state index in [2.05, 4.69) is 5.32 Å². The standard InChI is InChI=1S/C16H30N2O3/c1-15(2,3)21-14(19)18-9-4-6-13(11-18)10-17-12-16(20)7-5-8-16/h13,17,20H,4-12H2,1-3H3. The van der Waals surface area contributed by atoms with Gasteiger partial charge in [-0.25, -0.2) is 4.79 Å². The second-order valence-corrected chi connectivity index (χ2v) is 7.64. The van der Waals surface area contributed by atoms with Crippen LogP contribution in [0, 0.1) is 5.92 Å². The molecule has 0 aromatic heterocycles. The summed E-state index contributed by atoms with van der Waals surface area (Å²) < 4.78 is 5.44. The van der Waals surface area contributed by atoms with Crippen molar-refractivity contribution in [2.75, 3.05) is 26.2 Å². The number of amides is 1. The molecule has 2 rings (SSSR count). The van der Waals surface area contributed by atoms with Crippen molar-refractivity contribution >= 4 is 6.09 Å². The molecule has 1 unspecified atom stereocenters. The fraction of sp³-hybridized carbons (Fsp3) is 0.938. The van der Waals surface area contributed by atoms with E-state index in [-0.39, 0.29) is 6.09 Å². The van der Waals surface area contributed by atoms with E-state index in [1.807, 2.05) is 25.7 Å². The van der Waals surface area contributed by atoms with Gasteiger partial charge in [0.05, 0.1) is 5.60 Å². The predicted molar refractivity (Wildman–Crippen MR) is 82.2 cm³/mol. The number of ether oxygens (including phenoxy) is 1. The molecule has 0 aromatic rings. The van der Waals surface area contributed by atoms with Crippen LogP contribution in [0.5, 0.6) is 0 Å². The van der Waals surface area contributed by atoms with Gasteiger partial charge in [0.1, 0.15) is 5.60 Å². The Morgan fingerprint density at radius 3 is 2.67 bits per heavy atom. The number of hydrogen-bond acceptors (Lipinski definition) is 4. The van der Waals surface area contributed by atoms with Gasteiger partial charge in [-0.2, -0.15) is 0 Å². The molecule has 5 nitrogen and oxygen atoms in total. The van der Waals surface area contributed by atoms with Crippen LogP contribution in [0.1, 0.15) is 52.9 Å². The molecular formula is C16H30N2O3. The molecule has 1 aliphatic carbocycles. The summed E-state index contributed by atoms with van der Waals surface area (Å²) in [7, 11) is 0. The summed E-state index contributed by atoms with van der Waals surface area (Å²) >= 11 is 0. The van der Waals surface area contributed by atoms with Crippen molar-refractivity contribution in [1.29, 1.82) is 0 Å². The molecule has 2 fully saturated rings. The molecular weight excluding hydrogens is 268 g/mol. The van der Waals surface area contributed by atoms with Gasteiger partial charge < -0.3 is 20.1 Å². The summed E-state index contributed by atoms with van der Waals surface area (Å²) in [5, 5.41) is 13.4. The van der Waals surface area contributed by atoms with E-state index in [1.54, 1.807) is 0 Å². The smallest absolute Gasteiger partial charge is 0.410 e. The van der Waals surface area contributed by atoms with E-state index in [4.69, 9.17) is 4.74 Å². The summed E-state index contributed by atoms with van der Waals surface area (Å²) in [5.74, 6) is 0.454. The molecule has 1 saturated heterocycles. The van der Waals surface area contributed by atoms with Crippen LogP contribution < -0.4 is 5.32 Å². The molecule has 1 amide bonds. The molecule has 5 heteroatoms. The Bertz CT molecular complexity index is 361. The van der Waals surface area contributed by atoms with Gasteiger partial charge in [0, 0.05) is 19.6 Å². The highest BCUT2D eigenvalue weighted by Crippen LogP contribution is 2.30. The molecule has 0 radical (unpaired) electrons. The third kappa shape index (κ3) is 5.15. The number of rotatable bonds is 4. The van der Waals surface area contributed by atoms with Crippen molar-refractivity contribution in [2.24, 2.45) is 5.92 Å². The van der Waals surface area contributed by atoms with Crippen molar-refractivity contribution in [2.45, 2.75) is 64.1 Å². The van der Waals surface area contributed by atoms with E-state index < -0.39 is 11.2 Å². The second kappa shape index (κ2) is 6.53.